The number of aryl methyl sites for hydroxylation is 1. The average molecular weight is 282 g/mol. The summed E-state index contributed by atoms with van der Waals surface area (Å²) in [5.41, 5.74) is 3.72. The summed E-state index contributed by atoms with van der Waals surface area (Å²) in [6, 6.07) is 11.1. The van der Waals surface area contributed by atoms with Gasteiger partial charge < -0.3 is 10.1 Å². The van der Waals surface area contributed by atoms with E-state index in [1.54, 1.807) is 0 Å². The van der Waals surface area contributed by atoms with Gasteiger partial charge >= 0.3 is 0 Å². The molecule has 1 aliphatic heterocycles. The fourth-order valence-corrected chi connectivity index (χ4v) is 2.97. The highest BCUT2D eigenvalue weighted by Crippen LogP contribution is 2.35. The number of rotatable bonds is 3. The third-order valence-electron chi connectivity index (χ3n) is 4.14. The van der Waals surface area contributed by atoms with E-state index in [4.69, 9.17) is 4.74 Å². The predicted molar refractivity (Wildman–Crippen MR) is 84.4 cm³/mol. The maximum absolute atomic E-state index is 5.94. The molecule has 2 heterocycles. The van der Waals surface area contributed by atoms with Crippen molar-refractivity contribution in [2.75, 3.05) is 6.61 Å². The third kappa shape index (κ3) is 3.08. The predicted octanol–water partition coefficient (Wildman–Crippen LogP) is 3.95. The van der Waals surface area contributed by atoms with Crippen LogP contribution in [0.1, 0.15) is 48.5 Å². The highest BCUT2D eigenvalue weighted by molar-refractivity contribution is 5.43. The number of hydrogen-bond acceptors (Lipinski definition) is 3. The van der Waals surface area contributed by atoms with Gasteiger partial charge in [0.2, 0.25) is 0 Å². The topological polar surface area (TPSA) is 34.1 Å². The first-order chi connectivity index (χ1) is 10.3. The van der Waals surface area contributed by atoms with Crippen LogP contribution in [0, 0.1) is 6.92 Å². The van der Waals surface area contributed by atoms with Gasteiger partial charge in [-0.1, -0.05) is 24.3 Å². The van der Waals surface area contributed by atoms with Crippen LogP contribution in [0.5, 0.6) is 5.75 Å². The molecule has 2 aromatic rings. The van der Waals surface area contributed by atoms with E-state index in [0.29, 0.717) is 6.04 Å². The van der Waals surface area contributed by atoms with Crippen molar-refractivity contribution in [3.63, 3.8) is 0 Å². The Morgan fingerprint density at radius 3 is 3.00 bits per heavy atom. The molecular weight excluding hydrogens is 260 g/mol. The number of para-hydroxylation sites is 1. The lowest BCUT2D eigenvalue weighted by Gasteiger charge is -2.24. The lowest BCUT2D eigenvalue weighted by molar-refractivity contribution is 0.312. The summed E-state index contributed by atoms with van der Waals surface area (Å²) in [5.74, 6) is 1.06. The lowest BCUT2D eigenvalue weighted by Crippen LogP contribution is -2.24. The van der Waals surface area contributed by atoms with Crippen molar-refractivity contribution in [1.82, 2.24) is 10.3 Å². The van der Waals surface area contributed by atoms with E-state index in [1.807, 2.05) is 18.5 Å². The standard InChI is InChI=1S/C18H22N2O/c1-13-6-3-8-16-17(9-5-11-21-18(13)16)20-14(2)15-7-4-10-19-12-15/h3-4,6-8,10,12,14,17,20H,5,9,11H2,1-2H3/t14-,17?/m1/s1. The van der Waals surface area contributed by atoms with Gasteiger partial charge in [-0.3, -0.25) is 4.98 Å². The minimum Gasteiger partial charge on any atom is -0.493 e. The monoisotopic (exact) mass is 282 g/mol. The Labute approximate surface area is 126 Å². The van der Waals surface area contributed by atoms with Crippen LogP contribution in [0.3, 0.4) is 0 Å². The smallest absolute Gasteiger partial charge is 0.126 e. The summed E-state index contributed by atoms with van der Waals surface area (Å²) in [4.78, 5) is 4.21. The Bertz CT molecular complexity index is 597. The summed E-state index contributed by atoms with van der Waals surface area (Å²) >= 11 is 0. The molecule has 1 aromatic heterocycles. The van der Waals surface area contributed by atoms with Gasteiger partial charge in [0.05, 0.1) is 6.61 Å². The van der Waals surface area contributed by atoms with Crippen LogP contribution < -0.4 is 10.1 Å². The van der Waals surface area contributed by atoms with Gasteiger partial charge in [-0.05, 0) is 43.9 Å². The highest BCUT2D eigenvalue weighted by Gasteiger charge is 2.22. The van der Waals surface area contributed by atoms with E-state index in [9.17, 15) is 0 Å². The molecule has 0 amide bonds. The number of pyridine rings is 1. The van der Waals surface area contributed by atoms with Gasteiger partial charge in [0.25, 0.3) is 0 Å². The second kappa shape index (κ2) is 6.27. The zero-order chi connectivity index (χ0) is 14.7. The van der Waals surface area contributed by atoms with E-state index in [1.165, 1.54) is 16.7 Å². The Kier molecular flexibility index (Phi) is 4.20. The zero-order valence-electron chi connectivity index (χ0n) is 12.7. The van der Waals surface area contributed by atoms with Gasteiger partial charge in [-0.15, -0.1) is 0 Å². The van der Waals surface area contributed by atoms with Crippen LogP contribution in [-0.2, 0) is 0 Å². The van der Waals surface area contributed by atoms with Crippen molar-refractivity contribution in [2.24, 2.45) is 0 Å². The van der Waals surface area contributed by atoms with Crippen LogP contribution in [0.2, 0.25) is 0 Å². The summed E-state index contributed by atoms with van der Waals surface area (Å²) < 4.78 is 5.94. The first-order valence-electron chi connectivity index (χ1n) is 7.64. The number of ether oxygens (including phenoxy) is 1. The summed E-state index contributed by atoms with van der Waals surface area (Å²) in [6.45, 7) is 5.11. The summed E-state index contributed by atoms with van der Waals surface area (Å²) in [7, 11) is 0. The molecule has 0 saturated heterocycles. The quantitative estimate of drug-likeness (QED) is 0.925. The van der Waals surface area contributed by atoms with Gasteiger partial charge in [0.1, 0.15) is 5.75 Å². The molecule has 3 nitrogen and oxygen atoms in total. The van der Waals surface area contributed by atoms with Gasteiger partial charge in [0.15, 0.2) is 0 Å². The summed E-state index contributed by atoms with van der Waals surface area (Å²) in [6.07, 6.45) is 5.92. The highest BCUT2D eigenvalue weighted by atomic mass is 16.5. The van der Waals surface area contributed by atoms with Crippen molar-refractivity contribution < 1.29 is 4.74 Å². The first-order valence-corrected chi connectivity index (χ1v) is 7.64. The maximum Gasteiger partial charge on any atom is 0.126 e. The minimum atomic E-state index is 0.273. The lowest BCUT2D eigenvalue weighted by atomic mass is 9.98. The third-order valence-corrected chi connectivity index (χ3v) is 4.14. The number of benzene rings is 1. The van der Waals surface area contributed by atoms with E-state index in [0.717, 1.165) is 25.2 Å². The van der Waals surface area contributed by atoms with Gasteiger partial charge in [0, 0.05) is 30.0 Å². The van der Waals surface area contributed by atoms with E-state index < -0.39 is 0 Å². The second-order valence-corrected chi connectivity index (χ2v) is 5.71. The number of fused-ring (bicyclic) bond motifs is 1. The molecule has 110 valence electrons. The number of nitrogens with zero attached hydrogens (tertiary/aromatic N) is 1. The molecule has 1 aliphatic rings. The maximum atomic E-state index is 5.94. The Balaban J connectivity index is 1.84. The fraction of sp³-hybridized carbons (Fsp3) is 0.389. The largest absolute Gasteiger partial charge is 0.493 e. The van der Waals surface area contributed by atoms with Crippen molar-refractivity contribution in [2.45, 2.75) is 38.8 Å². The Hall–Kier alpha value is -1.87. The molecule has 21 heavy (non-hydrogen) atoms. The molecule has 0 aliphatic carbocycles. The number of hydrogen-bond donors (Lipinski definition) is 1. The first kappa shape index (κ1) is 14.1. The molecule has 0 radical (unpaired) electrons. The van der Waals surface area contributed by atoms with Crippen LogP contribution >= 0.6 is 0 Å². The van der Waals surface area contributed by atoms with Crippen LogP contribution in [-0.4, -0.2) is 11.6 Å². The molecule has 0 spiro atoms. The molecule has 0 saturated carbocycles. The molecule has 3 rings (SSSR count). The SMILES string of the molecule is Cc1cccc2c1OCCCC2N[C@H](C)c1cccnc1. The summed E-state index contributed by atoms with van der Waals surface area (Å²) in [5, 5.41) is 3.74. The number of nitrogens with one attached hydrogen (secondary N) is 1. The molecule has 2 atom stereocenters. The van der Waals surface area contributed by atoms with Crippen molar-refractivity contribution in [1.29, 1.82) is 0 Å². The molecule has 1 aromatic carbocycles. The molecule has 1 unspecified atom stereocenters. The van der Waals surface area contributed by atoms with E-state index in [2.05, 4.69) is 48.4 Å². The van der Waals surface area contributed by atoms with E-state index in [-0.39, 0.29) is 6.04 Å². The van der Waals surface area contributed by atoms with Gasteiger partial charge in [-0.2, -0.15) is 0 Å². The Morgan fingerprint density at radius 1 is 1.29 bits per heavy atom. The van der Waals surface area contributed by atoms with Crippen molar-refractivity contribution in [3.05, 3.63) is 59.4 Å². The zero-order valence-corrected chi connectivity index (χ0v) is 12.7. The fourth-order valence-electron chi connectivity index (χ4n) is 2.97. The molecule has 0 fully saturated rings. The van der Waals surface area contributed by atoms with Crippen molar-refractivity contribution >= 4 is 0 Å². The molecule has 1 N–H and O–H groups in total. The number of aromatic nitrogens is 1. The average Bonchev–Trinajstić information content (AvgIpc) is 2.72. The minimum absolute atomic E-state index is 0.273. The molecule has 3 heteroatoms. The van der Waals surface area contributed by atoms with Crippen LogP contribution in [0.25, 0.3) is 0 Å². The molecule has 0 bridgehead atoms. The van der Waals surface area contributed by atoms with Gasteiger partial charge in [-0.25, -0.2) is 0 Å². The Morgan fingerprint density at radius 2 is 2.19 bits per heavy atom. The van der Waals surface area contributed by atoms with Crippen LogP contribution in [0.4, 0.5) is 0 Å². The van der Waals surface area contributed by atoms with E-state index >= 15 is 0 Å². The molecular formula is C18H22N2O. The second-order valence-electron chi connectivity index (χ2n) is 5.71. The normalized spacial score (nSPS) is 19.2. The van der Waals surface area contributed by atoms with Crippen LogP contribution in [0.15, 0.2) is 42.7 Å². The van der Waals surface area contributed by atoms with Crippen molar-refractivity contribution in [3.8, 4) is 5.75 Å².